The monoisotopic (exact) mass is 256 g/mol. The Morgan fingerprint density at radius 3 is 2.47 bits per heavy atom. The third kappa shape index (κ3) is 2.54. The number of nitrogens with zero attached hydrogens (tertiary/aromatic N) is 1. The number of rotatable bonds is 2. The van der Waals surface area contributed by atoms with Gasteiger partial charge in [0.1, 0.15) is 10.7 Å². The second-order valence-electron chi connectivity index (χ2n) is 2.81. The molecule has 1 rings (SSSR count). The lowest BCUT2D eigenvalue weighted by Crippen LogP contribution is -2.07. The van der Waals surface area contributed by atoms with E-state index in [4.69, 9.17) is 16.4 Å². The largest absolute Gasteiger partial charge is 0.383 e. The Hall–Kier alpha value is -0.950. The Morgan fingerprint density at radius 1 is 1.53 bits per heavy atom. The van der Waals surface area contributed by atoms with Crippen molar-refractivity contribution in [2.45, 2.75) is 18.2 Å². The smallest absolute Gasteiger partial charge is 0.265 e. The van der Waals surface area contributed by atoms with Crippen LogP contribution in [0.3, 0.4) is 0 Å². The minimum atomic E-state index is -4.32. The molecule has 0 atom stereocenters. The number of nitrogen functional groups attached to an aromatic ring is 1. The zero-order valence-corrected chi connectivity index (χ0v) is 9.11. The molecule has 0 unspecified atom stereocenters. The highest BCUT2D eigenvalue weighted by Crippen LogP contribution is 2.32. The summed E-state index contributed by atoms with van der Waals surface area (Å²) in [6.07, 6.45) is -2.97. The third-order valence-corrected chi connectivity index (χ3v) is 3.03. The predicted octanol–water partition coefficient (Wildman–Crippen LogP) is 1.84. The predicted molar refractivity (Wildman–Crippen MR) is 51.4 cm³/mol. The van der Waals surface area contributed by atoms with Gasteiger partial charge >= 0.3 is 0 Å². The Kier molecular flexibility index (Phi) is 3.15. The SMILES string of the molecule is Cc1cc(C(F)F)c(S(=O)(=O)Cl)c(N)n1. The summed E-state index contributed by atoms with van der Waals surface area (Å²) in [5, 5.41) is 0. The number of anilines is 1. The number of hydrogen-bond donors (Lipinski definition) is 1. The Morgan fingerprint density at radius 2 is 2.07 bits per heavy atom. The standard InChI is InChI=1S/C7H7ClF2N2O2S/c1-3-2-4(6(9)10)5(7(11)12-3)15(8,13)14/h2,6H,1H3,(H2,11,12). The van der Waals surface area contributed by atoms with Crippen molar-refractivity contribution >= 4 is 25.6 Å². The van der Waals surface area contributed by atoms with E-state index < -0.39 is 31.8 Å². The molecule has 84 valence electrons. The molecule has 4 nitrogen and oxygen atoms in total. The van der Waals surface area contributed by atoms with Crippen LogP contribution in [0.1, 0.15) is 17.7 Å². The van der Waals surface area contributed by atoms with Crippen LogP contribution in [0.5, 0.6) is 0 Å². The minimum Gasteiger partial charge on any atom is -0.383 e. The topological polar surface area (TPSA) is 73.0 Å². The van der Waals surface area contributed by atoms with E-state index in [1.807, 2.05) is 0 Å². The number of aryl methyl sites for hydroxylation is 1. The average molecular weight is 257 g/mol. The van der Waals surface area contributed by atoms with Gasteiger partial charge in [-0.05, 0) is 13.0 Å². The quantitative estimate of drug-likeness (QED) is 0.820. The summed E-state index contributed by atoms with van der Waals surface area (Å²) < 4.78 is 47.0. The molecular formula is C7H7ClF2N2O2S. The fourth-order valence-electron chi connectivity index (χ4n) is 1.14. The van der Waals surface area contributed by atoms with Crippen LogP contribution >= 0.6 is 10.7 Å². The van der Waals surface area contributed by atoms with Crippen LogP contribution in [-0.2, 0) is 9.05 Å². The van der Waals surface area contributed by atoms with E-state index in [2.05, 4.69) is 4.98 Å². The maximum Gasteiger partial charge on any atom is 0.265 e. The van der Waals surface area contributed by atoms with Gasteiger partial charge in [0.15, 0.2) is 0 Å². The fourth-order valence-corrected chi connectivity index (χ4v) is 2.37. The molecule has 2 N–H and O–H groups in total. The molecular weight excluding hydrogens is 250 g/mol. The number of nitrogens with two attached hydrogens (primary N) is 1. The molecule has 0 saturated carbocycles. The van der Waals surface area contributed by atoms with E-state index >= 15 is 0 Å². The van der Waals surface area contributed by atoms with Gasteiger partial charge in [0.05, 0.1) is 0 Å². The first kappa shape index (κ1) is 12.1. The summed E-state index contributed by atoms with van der Waals surface area (Å²) in [6.45, 7) is 1.42. The van der Waals surface area contributed by atoms with Gasteiger partial charge in [0.2, 0.25) is 0 Å². The Bertz CT molecular complexity index is 490. The van der Waals surface area contributed by atoms with Crippen LogP contribution in [0.2, 0.25) is 0 Å². The molecule has 0 fully saturated rings. The highest BCUT2D eigenvalue weighted by molar-refractivity contribution is 8.13. The van der Waals surface area contributed by atoms with E-state index in [1.54, 1.807) is 0 Å². The first-order chi connectivity index (χ1) is 6.73. The Balaban J connectivity index is 3.62. The molecule has 8 heteroatoms. The number of aromatic nitrogens is 1. The van der Waals surface area contributed by atoms with Crippen molar-refractivity contribution in [1.82, 2.24) is 4.98 Å². The first-order valence-corrected chi connectivity index (χ1v) is 6.04. The van der Waals surface area contributed by atoms with Gasteiger partial charge in [-0.2, -0.15) is 0 Å². The molecule has 0 radical (unpaired) electrons. The molecule has 0 spiro atoms. The van der Waals surface area contributed by atoms with Crippen molar-refractivity contribution in [1.29, 1.82) is 0 Å². The van der Waals surface area contributed by atoms with Crippen LogP contribution in [0, 0.1) is 6.92 Å². The molecule has 1 aromatic rings. The highest BCUT2D eigenvalue weighted by Gasteiger charge is 2.25. The second-order valence-corrected chi connectivity index (χ2v) is 5.31. The summed E-state index contributed by atoms with van der Waals surface area (Å²) in [4.78, 5) is 2.75. The van der Waals surface area contributed by atoms with Gasteiger partial charge in [-0.25, -0.2) is 22.2 Å². The van der Waals surface area contributed by atoms with Crippen molar-refractivity contribution in [2.75, 3.05) is 5.73 Å². The molecule has 0 bridgehead atoms. The molecule has 15 heavy (non-hydrogen) atoms. The van der Waals surface area contributed by atoms with Crippen LogP contribution < -0.4 is 5.73 Å². The van der Waals surface area contributed by atoms with Gasteiger partial charge in [-0.1, -0.05) is 0 Å². The van der Waals surface area contributed by atoms with Crippen LogP contribution in [-0.4, -0.2) is 13.4 Å². The number of halogens is 3. The molecule has 1 aromatic heterocycles. The third-order valence-electron chi connectivity index (χ3n) is 1.63. The van der Waals surface area contributed by atoms with Gasteiger partial charge in [-0.3, -0.25) is 0 Å². The van der Waals surface area contributed by atoms with Crippen molar-refractivity contribution in [3.63, 3.8) is 0 Å². The van der Waals surface area contributed by atoms with Crippen molar-refractivity contribution in [3.05, 3.63) is 17.3 Å². The van der Waals surface area contributed by atoms with Crippen LogP contribution in [0.4, 0.5) is 14.6 Å². The van der Waals surface area contributed by atoms with E-state index in [0.717, 1.165) is 6.07 Å². The first-order valence-electron chi connectivity index (χ1n) is 3.73. The van der Waals surface area contributed by atoms with Crippen LogP contribution in [0.15, 0.2) is 11.0 Å². The lowest BCUT2D eigenvalue weighted by Gasteiger charge is -2.09. The summed E-state index contributed by atoms with van der Waals surface area (Å²) in [5.74, 6) is -0.514. The molecule has 0 aromatic carbocycles. The van der Waals surface area contributed by atoms with E-state index in [-0.39, 0.29) is 5.69 Å². The maximum atomic E-state index is 12.5. The van der Waals surface area contributed by atoms with Crippen molar-refractivity contribution < 1.29 is 17.2 Å². The zero-order chi connectivity index (χ0) is 11.8. The highest BCUT2D eigenvalue weighted by atomic mass is 35.7. The summed E-state index contributed by atoms with van der Waals surface area (Å²) in [7, 11) is 0.663. The van der Waals surface area contributed by atoms with Gasteiger partial charge in [-0.15, -0.1) is 0 Å². The van der Waals surface area contributed by atoms with Gasteiger partial charge in [0, 0.05) is 21.9 Å². The number of hydrogen-bond acceptors (Lipinski definition) is 4. The molecule has 0 amide bonds. The normalized spacial score (nSPS) is 12.1. The molecule has 1 heterocycles. The minimum absolute atomic E-state index is 0.201. The van der Waals surface area contributed by atoms with E-state index in [9.17, 15) is 17.2 Å². The number of alkyl halides is 2. The summed E-state index contributed by atoms with van der Waals surface area (Å²) >= 11 is 0. The average Bonchev–Trinajstić information content (AvgIpc) is 1.99. The maximum absolute atomic E-state index is 12.5. The van der Waals surface area contributed by atoms with Gasteiger partial charge in [0.25, 0.3) is 15.5 Å². The lowest BCUT2D eigenvalue weighted by atomic mass is 10.2. The molecule has 0 aliphatic carbocycles. The van der Waals surface area contributed by atoms with Crippen molar-refractivity contribution in [3.8, 4) is 0 Å². The van der Waals surface area contributed by atoms with Gasteiger partial charge < -0.3 is 5.73 Å². The number of pyridine rings is 1. The fraction of sp³-hybridized carbons (Fsp3) is 0.286. The second kappa shape index (κ2) is 3.90. The summed E-state index contributed by atoms with van der Waals surface area (Å²) in [6, 6.07) is 0.941. The summed E-state index contributed by atoms with van der Waals surface area (Å²) in [5.41, 5.74) is 4.71. The van der Waals surface area contributed by atoms with E-state index in [0.29, 0.717) is 0 Å². The Labute approximate surface area is 89.5 Å². The zero-order valence-electron chi connectivity index (χ0n) is 7.54. The molecule has 0 aliphatic rings. The molecule has 0 saturated heterocycles. The van der Waals surface area contributed by atoms with Crippen molar-refractivity contribution in [2.24, 2.45) is 0 Å². The molecule has 0 aliphatic heterocycles. The van der Waals surface area contributed by atoms with E-state index in [1.165, 1.54) is 6.92 Å². The lowest BCUT2D eigenvalue weighted by molar-refractivity contribution is 0.148. The van der Waals surface area contributed by atoms with Crippen LogP contribution in [0.25, 0.3) is 0 Å².